The summed E-state index contributed by atoms with van der Waals surface area (Å²) in [5.74, 6) is 2.26. The van der Waals surface area contributed by atoms with Crippen LogP contribution < -0.4 is 10.2 Å². The van der Waals surface area contributed by atoms with E-state index in [4.69, 9.17) is 16.6 Å². The lowest BCUT2D eigenvalue weighted by Crippen LogP contribution is -2.45. The van der Waals surface area contributed by atoms with Gasteiger partial charge in [-0.3, -0.25) is 0 Å². The van der Waals surface area contributed by atoms with Crippen molar-refractivity contribution in [2.24, 2.45) is 0 Å². The van der Waals surface area contributed by atoms with Crippen LogP contribution in [0.1, 0.15) is 0 Å². The number of hydrogen-bond donors (Lipinski definition) is 2. The number of likely N-dealkylation sites (N-methyl/N-ethyl adjacent to an activating group) is 1. The Bertz CT molecular complexity index is 659. The lowest BCUT2D eigenvalue weighted by molar-refractivity contribution is 0.311. The molecule has 0 saturated carbocycles. The second-order valence-corrected chi connectivity index (χ2v) is 6.17. The minimum Gasteiger partial charge on any atom is -0.369 e. The van der Waals surface area contributed by atoms with Crippen LogP contribution >= 0.6 is 24.2 Å². The molecule has 0 spiro atoms. The molecular weight excluding hydrogens is 320 g/mol. The van der Waals surface area contributed by atoms with Crippen LogP contribution in [0.15, 0.2) is 12.3 Å². The third-order valence-corrected chi connectivity index (χ3v) is 4.16. The van der Waals surface area contributed by atoms with Gasteiger partial charge in [0.05, 0.1) is 11.7 Å². The molecule has 0 aliphatic carbocycles. The summed E-state index contributed by atoms with van der Waals surface area (Å²) in [6.45, 7) is 4.61. The Balaban J connectivity index is 1.98. The summed E-state index contributed by atoms with van der Waals surface area (Å²) in [4.78, 5) is 18.0. The number of aromatic nitrogens is 3. The number of fused-ring (bicyclic) bond motifs is 1. The molecule has 0 bridgehead atoms. The summed E-state index contributed by atoms with van der Waals surface area (Å²) in [5.41, 5.74) is 0.801. The van der Waals surface area contributed by atoms with Crippen molar-refractivity contribution in [3.05, 3.63) is 17.4 Å². The van der Waals surface area contributed by atoms with E-state index in [1.807, 2.05) is 0 Å². The van der Waals surface area contributed by atoms with Gasteiger partial charge in [-0.1, -0.05) is 11.6 Å². The fourth-order valence-electron chi connectivity index (χ4n) is 2.45. The number of halogens is 1. The maximum atomic E-state index is 6.00. The van der Waals surface area contributed by atoms with Crippen LogP contribution in [0.2, 0.25) is 5.15 Å². The Morgan fingerprint density at radius 3 is 2.77 bits per heavy atom. The molecule has 2 aromatic rings. The van der Waals surface area contributed by atoms with Gasteiger partial charge in [0.25, 0.3) is 0 Å². The molecule has 1 aliphatic rings. The molecule has 0 unspecified atom stereocenters. The molecule has 1 fully saturated rings. The summed E-state index contributed by atoms with van der Waals surface area (Å²) < 4.78 is 0. The highest BCUT2D eigenvalue weighted by Crippen LogP contribution is 2.25. The number of thiol groups is 1. The van der Waals surface area contributed by atoms with Crippen LogP contribution in [0.3, 0.4) is 0 Å². The van der Waals surface area contributed by atoms with Crippen molar-refractivity contribution < 1.29 is 0 Å². The molecule has 0 amide bonds. The smallest absolute Gasteiger partial charge is 0.228 e. The Hall–Kier alpha value is -1.31. The largest absolute Gasteiger partial charge is 0.369 e. The van der Waals surface area contributed by atoms with Crippen LogP contribution in [-0.4, -0.2) is 65.4 Å². The monoisotopic (exact) mass is 338 g/mol. The predicted molar refractivity (Wildman–Crippen MR) is 94.4 cm³/mol. The fourth-order valence-corrected chi connectivity index (χ4v) is 2.72. The van der Waals surface area contributed by atoms with Crippen molar-refractivity contribution >= 4 is 46.9 Å². The lowest BCUT2D eigenvalue weighted by Gasteiger charge is -2.32. The summed E-state index contributed by atoms with van der Waals surface area (Å²) in [6, 6.07) is 1.80. The quantitative estimate of drug-likeness (QED) is 0.654. The molecule has 1 aliphatic heterocycles. The van der Waals surface area contributed by atoms with E-state index < -0.39 is 0 Å². The van der Waals surface area contributed by atoms with Crippen molar-refractivity contribution in [1.82, 2.24) is 19.9 Å². The summed E-state index contributed by atoms with van der Waals surface area (Å²) in [5, 5.41) is 4.63. The van der Waals surface area contributed by atoms with Crippen LogP contribution in [0.4, 0.5) is 11.8 Å². The van der Waals surface area contributed by atoms with E-state index in [1.54, 1.807) is 12.3 Å². The molecule has 3 rings (SSSR count). The molecule has 0 aromatic carbocycles. The lowest BCUT2D eigenvalue weighted by atomic mass is 10.3. The first-order chi connectivity index (χ1) is 10.7. The summed E-state index contributed by atoms with van der Waals surface area (Å²) in [7, 11) is 2.13. The molecule has 6 nitrogen and oxygen atoms in total. The number of anilines is 2. The topological polar surface area (TPSA) is 57.2 Å². The number of pyridine rings is 1. The molecule has 2 aromatic heterocycles. The van der Waals surface area contributed by atoms with Crippen LogP contribution in [0, 0.1) is 0 Å². The maximum absolute atomic E-state index is 6.00. The second kappa shape index (κ2) is 6.85. The summed E-state index contributed by atoms with van der Waals surface area (Å²) in [6.07, 6.45) is 1.70. The van der Waals surface area contributed by atoms with Gasteiger partial charge in [-0.25, -0.2) is 9.97 Å². The van der Waals surface area contributed by atoms with Crippen LogP contribution in [0.5, 0.6) is 0 Å². The van der Waals surface area contributed by atoms with Gasteiger partial charge in [0.1, 0.15) is 11.0 Å². The highest BCUT2D eigenvalue weighted by Gasteiger charge is 2.18. The van der Waals surface area contributed by atoms with E-state index in [2.05, 4.69) is 44.8 Å². The molecular formula is C14H19ClN6S. The van der Waals surface area contributed by atoms with Gasteiger partial charge in [-0.15, -0.1) is 0 Å². The first kappa shape index (κ1) is 15.6. The van der Waals surface area contributed by atoms with Gasteiger partial charge in [0.15, 0.2) is 0 Å². The zero-order valence-corrected chi connectivity index (χ0v) is 14.1. The Morgan fingerprint density at radius 1 is 1.27 bits per heavy atom. The van der Waals surface area contributed by atoms with Gasteiger partial charge in [0.2, 0.25) is 5.95 Å². The van der Waals surface area contributed by atoms with E-state index in [9.17, 15) is 0 Å². The van der Waals surface area contributed by atoms with Gasteiger partial charge < -0.3 is 15.1 Å². The van der Waals surface area contributed by atoms with Crippen LogP contribution in [-0.2, 0) is 0 Å². The fraction of sp³-hybridized carbons (Fsp3) is 0.500. The molecule has 0 radical (unpaired) electrons. The zero-order chi connectivity index (χ0) is 15.5. The Kier molecular flexibility index (Phi) is 4.85. The first-order valence-corrected chi connectivity index (χ1v) is 8.30. The number of piperazine rings is 1. The van der Waals surface area contributed by atoms with E-state index in [0.717, 1.165) is 61.1 Å². The number of nitrogens with one attached hydrogen (secondary N) is 1. The molecule has 118 valence electrons. The van der Waals surface area contributed by atoms with E-state index in [-0.39, 0.29) is 0 Å². The molecule has 22 heavy (non-hydrogen) atoms. The van der Waals surface area contributed by atoms with Crippen molar-refractivity contribution in [3.63, 3.8) is 0 Å². The third kappa shape index (κ3) is 3.37. The SMILES string of the molecule is CN1CCN(c2nc(NCCS)c3cc(Cl)ncc3n2)CC1. The van der Waals surface area contributed by atoms with E-state index in [1.165, 1.54) is 0 Å². The van der Waals surface area contributed by atoms with Gasteiger partial charge >= 0.3 is 0 Å². The van der Waals surface area contributed by atoms with Crippen molar-refractivity contribution in [2.75, 3.05) is 55.7 Å². The van der Waals surface area contributed by atoms with Gasteiger partial charge in [-0.2, -0.15) is 17.6 Å². The maximum Gasteiger partial charge on any atom is 0.228 e. The minimum absolute atomic E-state index is 0.442. The highest BCUT2D eigenvalue weighted by atomic mass is 35.5. The average molecular weight is 339 g/mol. The van der Waals surface area contributed by atoms with Crippen LogP contribution in [0.25, 0.3) is 10.9 Å². The number of rotatable bonds is 4. The highest BCUT2D eigenvalue weighted by molar-refractivity contribution is 7.80. The molecule has 1 saturated heterocycles. The van der Waals surface area contributed by atoms with Crippen molar-refractivity contribution in [1.29, 1.82) is 0 Å². The first-order valence-electron chi connectivity index (χ1n) is 7.29. The molecule has 1 N–H and O–H groups in total. The molecule has 3 heterocycles. The van der Waals surface area contributed by atoms with Crippen molar-refractivity contribution in [2.45, 2.75) is 0 Å². The zero-order valence-electron chi connectivity index (χ0n) is 12.5. The Labute approximate surface area is 140 Å². The normalized spacial score (nSPS) is 16.2. The van der Waals surface area contributed by atoms with Gasteiger partial charge in [0, 0.05) is 43.9 Å². The third-order valence-electron chi connectivity index (χ3n) is 3.73. The summed E-state index contributed by atoms with van der Waals surface area (Å²) >= 11 is 10.2. The van der Waals surface area contributed by atoms with E-state index >= 15 is 0 Å². The average Bonchev–Trinajstić information content (AvgIpc) is 2.53. The molecule has 8 heteroatoms. The molecule has 0 atom stereocenters. The van der Waals surface area contributed by atoms with E-state index in [0.29, 0.717) is 5.15 Å². The number of hydrogen-bond acceptors (Lipinski definition) is 7. The standard InChI is InChI=1S/C14H19ClN6S/c1-20-3-5-21(6-4-20)14-18-11-9-17-12(15)8-10(11)13(19-14)16-2-7-22/h8-9,22H,2-7H2,1H3,(H,16,18,19). The number of nitrogens with zero attached hydrogens (tertiary/aromatic N) is 5. The second-order valence-electron chi connectivity index (χ2n) is 5.34. The minimum atomic E-state index is 0.442. The van der Waals surface area contributed by atoms with Crippen molar-refractivity contribution in [3.8, 4) is 0 Å². The van der Waals surface area contributed by atoms with Gasteiger partial charge in [-0.05, 0) is 13.1 Å². The predicted octanol–water partition coefficient (Wildman–Crippen LogP) is 1.77. The Morgan fingerprint density at radius 2 is 2.05 bits per heavy atom.